The van der Waals surface area contributed by atoms with Crippen molar-refractivity contribution in [2.75, 3.05) is 6.61 Å². The summed E-state index contributed by atoms with van der Waals surface area (Å²) in [4.78, 5) is 0. The van der Waals surface area contributed by atoms with E-state index < -0.39 is 0 Å². The van der Waals surface area contributed by atoms with Gasteiger partial charge in [0.05, 0.1) is 0 Å². The molecular formula is C10H21NO. The van der Waals surface area contributed by atoms with Crippen LogP contribution < -0.4 is 5.73 Å². The average molecular weight is 171 g/mol. The van der Waals surface area contributed by atoms with Gasteiger partial charge in [-0.25, -0.2) is 0 Å². The lowest BCUT2D eigenvalue weighted by atomic mass is 9.95. The molecule has 0 heterocycles. The largest absolute Gasteiger partial charge is 0.396 e. The molecule has 0 spiro atoms. The highest BCUT2D eigenvalue weighted by atomic mass is 16.3. The Bertz CT molecular complexity index is 116. The molecule has 0 aromatic carbocycles. The smallest absolute Gasteiger partial charge is 0.0459 e. The molecule has 1 aliphatic rings. The van der Waals surface area contributed by atoms with E-state index in [-0.39, 0.29) is 0 Å². The van der Waals surface area contributed by atoms with Crippen LogP contribution in [0.4, 0.5) is 0 Å². The molecule has 0 amide bonds. The van der Waals surface area contributed by atoms with Gasteiger partial charge < -0.3 is 10.8 Å². The van der Waals surface area contributed by atoms with Gasteiger partial charge in [-0.1, -0.05) is 25.7 Å². The highest BCUT2D eigenvalue weighted by Gasteiger charge is 2.14. The predicted octanol–water partition coefficient (Wildman–Crippen LogP) is 1.67. The number of nitrogens with two attached hydrogens (primary N) is 1. The van der Waals surface area contributed by atoms with Crippen LogP contribution in [0.25, 0.3) is 0 Å². The van der Waals surface area contributed by atoms with Gasteiger partial charge in [-0.2, -0.15) is 0 Å². The third-order valence-electron chi connectivity index (χ3n) is 2.83. The van der Waals surface area contributed by atoms with Crippen LogP contribution in [0, 0.1) is 5.92 Å². The first kappa shape index (κ1) is 10.0. The molecule has 2 unspecified atom stereocenters. The first-order valence-electron chi connectivity index (χ1n) is 5.19. The molecule has 1 saturated carbocycles. The van der Waals surface area contributed by atoms with Crippen molar-refractivity contribution in [3.8, 4) is 0 Å². The monoisotopic (exact) mass is 171 g/mol. The van der Waals surface area contributed by atoms with Crippen LogP contribution in [0.2, 0.25) is 0 Å². The first-order chi connectivity index (χ1) is 5.83. The molecule has 0 bridgehead atoms. The van der Waals surface area contributed by atoms with Crippen molar-refractivity contribution in [1.82, 2.24) is 0 Å². The number of hydrogen-bond acceptors (Lipinski definition) is 2. The summed E-state index contributed by atoms with van der Waals surface area (Å²) >= 11 is 0. The molecule has 0 saturated heterocycles. The van der Waals surface area contributed by atoms with Gasteiger partial charge in [0.1, 0.15) is 0 Å². The zero-order valence-corrected chi connectivity index (χ0v) is 7.84. The maximum atomic E-state index is 9.06. The Morgan fingerprint density at radius 1 is 1.08 bits per heavy atom. The van der Waals surface area contributed by atoms with E-state index in [0.717, 1.165) is 12.8 Å². The fourth-order valence-corrected chi connectivity index (χ4v) is 2.02. The lowest BCUT2D eigenvalue weighted by Gasteiger charge is -2.16. The fraction of sp³-hybridized carbons (Fsp3) is 1.00. The first-order valence-corrected chi connectivity index (χ1v) is 5.19. The van der Waals surface area contributed by atoms with Crippen LogP contribution in [0.3, 0.4) is 0 Å². The number of hydrogen-bond donors (Lipinski definition) is 2. The van der Waals surface area contributed by atoms with Crippen molar-refractivity contribution >= 4 is 0 Å². The zero-order chi connectivity index (χ0) is 8.81. The normalized spacial score (nSPS) is 33.5. The second-order valence-corrected chi connectivity index (χ2v) is 4.04. The molecule has 72 valence electrons. The minimum absolute atomic E-state index is 0.327. The summed E-state index contributed by atoms with van der Waals surface area (Å²) in [5.41, 5.74) is 5.93. The minimum Gasteiger partial charge on any atom is -0.396 e. The van der Waals surface area contributed by atoms with Crippen molar-refractivity contribution in [2.24, 2.45) is 11.7 Å². The summed E-state index contributed by atoms with van der Waals surface area (Å²) in [6.07, 6.45) is 8.55. The highest BCUT2D eigenvalue weighted by molar-refractivity contribution is 4.70. The van der Waals surface area contributed by atoms with Crippen molar-refractivity contribution in [2.45, 2.75) is 51.0 Å². The molecule has 2 atom stereocenters. The molecule has 1 fully saturated rings. The van der Waals surface area contributed by atoms with E-state index in [2.05, 4.69) is 0 Å². The molecule has 0 aliphatic heterocycles. The number of aliphatic hydroxyl groups excluding tert-OH is 1. The Kier molecular flexibility index (Phi) is 4.62. The topological polar surface area (TPSA) is 46.2 Å². The maximum absolute atomic E-state index is 9.06. The molecule has 0 aromatic heterocycles. The van der Waals surface area contributed by atoms with Gasteiger partial charge in [-0.3, -0.25) is 0 Å². The van der Waals surface area contributed by atoms with E-state index in [9.17, 15) is 0 Å². The number of aliphatic hydroxyl groups is 1. The predicted molar refractivity (Wildman–Crippen MR) is 50.9 cm³/mol. The number of rotatable bonds is 1. The quantitative estimate of drug-likeness (QED) is 0.630. The molecule has 1 aliphatic carbocycles. The fourth-order valence-electron chi connectivity index (χ4n) is 2.02. The summed E-state index contributed by atoms with van der Waals surface area (Å²) in [5, 5.41) is 9.06. The van der Waals surface area contributed by atoms with Crippen molar-refractivity contribution in [3.05, 3.63) is 0 Å². The van der Waals surface area contributed by atoms with E-state index in [1.165, 1.54) is 32.1 Å². The van der Waals surface area contributed by atoms with E-state index in [4.69, 9.17) is 10.8 Å². The van der Waals surface area contributed by atoms with Crippen molar-refractivity contribution < 1.29 is 5.11 Å². The third-order valence-corrected chi connectivity index (χ3v) is 2.83. The molecule has 12 heavy (non-hydrogen) atoms. The molecule has 2 heteroatoms. The Morgan fingerprint density at radius 2 is 1.75 bits per heavy atom. The summed E-state index contributed by atoms with van der Waals surface area (Å²) in [6.45, 7) is 0.327. The maximum Gasteiger partial charge on any atom is 0.0459 e. The van der Waals surface area contributed by atoms with Gasteiger partial charge in [0.15, 0.2) is 0 Å². The lowest BCUT2D eigenvalue weighted by molar-refractivity contribution is 0.201. The highest BCUT2D eigenvalue weighted by Crippen LogP contribution is 2.20. The van der Waals surface area contributed by atoms with Gasteiger partial charge in [-0.05, 0) is 25.2 Å². The van der Waals surface area contributed by atoms with Crippen LogP contribution >= 0.6 is 0 Å². The Morgan fingerprint density at radius 3 is 2.42 bits per heavy atom. The van der Waals surface area contributed by atoms with E-state index in [0.29, 0.717) is 18.6 Å². The Balaban J connectivity index is 2.32. The zero-order valence-electron chi connectivity index (χ0n) is 7.84. The van der Waals surface area contributed by atoms with E-state index in [1.807, 2.05) is 0 Å². The molecule has 1 rings (SSSR count). The van der Waals surface area contributed by atoms with Gasteiger partial charge in [0.2, 0.25) is 0 Å². The summed E-state index contributed by atoms with van der Waals surface area (Å²) in [6, 6.07) is 0.334. The van der Waals surface area contributed by atoms with Gasteiger partial charge in [-0.15, -0.1) is 0 Å². The summed E-state index contributed by atoms with van der Waals surface area (Å²) in [5.74, 6) is 0.470. The standard InChI is InChI=1S/C10H21NO/c11-10-6-4-2-1-3-5-9(7-10)8-12/h9-10,12H,1-8,11H2. The second kappa shape index (κ2) is 5.55. The van der Waals surface area contributed by atoms with E-state index in [1.54, 1.807) is 0 Å². The molecular weight excluding hydrogens is 150 g/mol. The van der Waals surface area contributed by atoms with Crippen molar-refractivity contribution in [3.63, 3.8) is 0 Å². The van der Waals surface area contributed by atoms with Crippen LogP contribution in [0.5, 0.6) is 0 Å². The molecule has 2 nitrogen and oxygen atoms in total. The van der Waals surface area contributed by atoms with Crippen LogP contribution in [-0.4, -0.2) is 17.8 Å². The lowest BCUT2D eigenvalue weighted by Crippen LogP contribution is -2.24. The van der Waals surface area contributed by atoms with Crippen LogP contribution in [0.15, 0.2) is 0 Å². The van der Waals surface area contributed by atoms with Crippen molar-refractivity contribution in [1.29, 1.82) is 0 Å². The van der Waals surface area contributed by atoms with Gasteiger partial charge in [0.25, 0.3) is 0 Å². The Hall–Kier alpha value is -0.0800. The summed E-state index contributed by atoms with van der Waals surface area (Å²) < 4.78 is 0. The third kappa shape index (κ3) is 3.55. The summed E-state index contributed by atoms with van der Waals surface area (Å²) in [7, 11) is 0. The molecule has 0 aromatic rings. The van der Waals surface area contributed by atoms with Crippen LogP contribution in [0.1, 0.15) is 44.9 Å². The van der Waals surface area contributed by atoms with Gasteiger partial charge in [0, 0.05) is 12.6 Å². The van der Waals surface area contributed by atoms with Gasteiger partial charge >= 0.3 is 0 Å². The SMILES string of the molecule is NC1CCCCCCC(CO)C1. The van der Waals surface area contributed by atoms with E-state index >= 15 is 0 Å². The second-order valence-electron chi connectivity index (χ2n) is 4.04. The average Bonchev–Trinajstić information content (AvgIpc) is 2.16. The minimum atomic E-state index is 0.327. The van der Waals surface area contributed by atoms with Crippen LogP contribution in [-0.2, 0) is 0 Å². The Labute approximate surface area is 75.2 Å². The molecule has 0 radical (unpaired) electrons. The molecule has 3 N–H and O–H groups in total.